The van der Waals surface area contributed by atoms with Gasteiger partial charge < -0.3 is 4.90 Å². The van der Waals surface area contributed by atoms with E-state index in [4.69, 9.17) is 0 Å². The molecule has 1 fully saturated rings. The second kappa shape index (κ2) is 4.40. The molecule has 0 bridgehead atoms. The molecule has 0 spiro atoms. The molecular weight excluding hydrogens is 206 g/mol. The summed E-state index contributed by atoms with van der Waals surface area (Å²) in [5.74, 6) is 0.745. The van der Waals surface area contributed by atoms with Crippen molar-refractivity contribution in [1.82, 2.24) is 0 Å². The molecule has 88 valence electrons. The summed E-state index contributed by atoms with van der Waals surface area (Å²) in [6.45, 7) is 3.31. The Hall–Kier alpha value is -1.50. The van der Waals surface area contributed by atoms with E-state index in [0.29, 0.717) is 0 Å². The fraction of sp³-hybridized carbons (Fsp3) is 0.375. The van der Waals surface area contributed by atoms with Gasteiger partial charge in [0.1, 0.15) is 0 Å². The number of hydrogen-bond donors (Lipinski definition) is 0. The maximum absolute atomic E-state index is 2.50. The van der Waals surface area contributed by atoms with Crippen LogP contribution < -0.4 is 4.90 Å². The van der Waals surface area contributed by atoms with Crippen molar-refractivity contribution in [2.75, 3.05) is 11.4 Å². The second-order valence-electron chi connectivity index (χ2n) is 5.08. The van der Waals surface area contributed by atoms with Crippen molar-refractivity contribution in [3.05, 3.63) is 53.8 Å². The number of aryl methyl sites for hydroxylation is 1. The van der Waals surface area contributed by atoms with Crippen LogP contribution in [-0.2, 0) is 0 Å². The summed E-state index contributed by atoms with van der Waals surface area (Å²) < 4.78 is 0. The van der Waals surface area contributed by atoms with Crippen molar-refractivity contribution in [2.24, 2.45) is 5.92 Å². The average Bonchev–Trinajstić information content (AvgIpc) is 2.39. The third kappa shape index (κ3) is 2.02. The van der Waals surface area contributed by atoms with E-state index in [0.717, 1.165) is 5.92 Å². The van der Waals surface area contributed by atoms with Crippen LogP contribution in [0.4, 0.5) is 5.69 Å². The quantitative estimate of drug-likeness (QED) is 0.696. The first kappa shape index (κ1) is 10.6. The van der Waals surface area contributed by atoms with E-state index in [-0.39, 0.29) is 0 Å². The predicted molar refractivity (Wildman–Crippen MR) is 73.1 cm³/mol. The van der Waals surface area contributed by atoms with E-state index in [1.165, 1.54) is 42.8 Å². The minimum atomic E-state index is 0.745. The Bertz CT molecular complexity index is 453. The third-order valence-electron chi connectivity index (χ3n) is 3.83. The summed E-state index contributed by atoms with van der Waals surface area (Å²) in [6, 6.07) is 8.91. The van der Waals surface area contributed by atoms with Gasteiger partial charge in [-0.1, -0.05) is 29.8 Å². The average molecular weight is 225 g/mol. The number of nitrogens with zero attached hydrogens (tertiary/aromatic N) is 1. The van der Waals surface area contributed by atoms with Gasteiger partial charge in [0.05, 0.1) is 0 Å². The highest BCUT2D eigenvalue weighted by Gasteiger charge is 2.25. The van der Waals surface area contributed by atoms with Gasteiger partial charge in [-0.3, -0.25) is 0 Å². The molecule has 0 amide bonds. The minimum Gasteiger partial charge on any atom is -0.345 e. The highest BCUT2D eigenvalue weighted by atomic mass is 15.2. The fourth-order valence-electron chi connectivity index (χ4n) is 2.87. The molecule has 1 aromatic rings. The van der Waals surface area contributed by atoms with Crippen LogP contribution in [0, 0.1) is 12.8 Å². The summed E-state index contributed by atoms with van der Waals surface area (Å²) in [7, 11) is 0. The Balaban J connectivity index is 1.93. The minimum absolute atomic E-state index is 0.745. The van der Waals surface area contributed by atoms with Gasteiger partial charge in [-0.25, -0.2) is 0 Å². The standard InChI is InChI=1S/C16H19N/c1-13-8-10-15(11-9-13)17-12-4-6-14-5-2-3-7-16(14)17/h2-3,7-11,14H,4-6,12H2,1H3. The van der Waals surface area contributed by atoms with E-state index in [9.17, 15) is 0 Å². The fourth-order valence-corrected chi connectivity index (χ4v) is 2.87. The Morgan fingerprint density at radius 3 is 2.82 bits per heavy atom. The number of allylic oxidation sites excluding steroid dienone is 4. The Labute approximate surface area is 103 Å². The molecular formula is C16H19N. The van der Waals surface area contributed by atoms with Gasteiger partial charge in [0.15, 0.2) is 0 Å². The van der Waals surface area contributed by atoms with Crippen molar-refractivity contribution in [1.29, 1.82) is 0 Å². The first-order chi connectivity index (χ1) is 8.34. The van der Waals surface area contributed by atoms with Gasteiger partial charge in [-0.15, -0.1) is 0 Å². The van der Waals surface area contributed by atoms with Gasteiger partial charge in [-0.05, 0) is 44.4 Å². The Kier molecular flexibility index (Phi) is 2.76. The molecule has 0 aromatic heterocycles. The molecule has 0 radical (unpaired) electrons. The summed E-state index contributed by atoms with van der Waals surface area (Å²) >= 11 is 0. The molecule has 17 heavy (non-hydrogen) atoms. The molecule has 1 heterocycles. The largest absolute Gasteiger partial charge is 0.345 e. The molecule has 1 saturated heterocycles. The Morgan fingerprint density at radius 1 is 1.18 bits per heavy atom. The summed E-state index contributed by atoms with van der Waals surface area (Å²) in [5.41, 5.74) is 4.20. The van der Waals surface area contributed by atoms with Gasteiger partial charge >= 0.3 is 0 Å². The molecule has 1 unspecified atom stereocenters. The van der Waals surface area contributed by atoms with Gasteiger partial charge in [0.25, 0.3) is 0 Å². The summed E-state index contributed by atoms with van der Waals surface area (Å²) in [5, 5.41) is 0. The van der Waals surface area contributed by atoms with Crippen LogP contribution in [0.15, 0.2) is 48.2 Å². The van der Waals surface area contributed by atoms with Crippen LogP contribution in [0.5, 0.6) is 0 Å². The van der Waals surface area contributed by atoms with Crippen molar-refractivity contribution in [3.63, 3.8) is 0 Å². The lowest BCUT2D eigenvalue weighted by Crippen LogP contribution is -2.33. The number of hydrogen-bond acceptors (Lipinski definition) is 1. The monoisotopic (exact) mass is 225 g/mol. The molecule has 1 aliphatic heterocycles. The zero-order chi connectivity index (χ0) is 11.7. The lowest BCUT2D eigenvalue weighted by atomic mass is 9.87. The van der Waals surface area contributed by atoms with E-state index >= 15 is 0 Å². The van der Waals surface area contributed by atoms with Crippen molar-refractivity contribution in [3.8, 4) is 0 Å². The molecule has 0 N–H and O–H groups in total. The van der Waals surface area contributed by atoms with Crippen molar-refractivity contribution < 1.29 is 0 Å². The first-order valence-corrected chi connectivity index (χ1v) is 6.55. The number of piperidine rings is 1. The van der Waals surface area contributed by atoms with E-state index in [1.807, 2.05) is 0 Å². The molecule has 3 rings (SSSR count). The van der Waals surface area contributed by atoms with Gasteiger partial charge in [0, 0.05) is 23.8 Å². The zero-order valence-electron chi connectivity index (χ0n) is 10.4. The molecule has 1 aliphatic carbocycles. The topological polar surface area (TPSA) is 3.24 Å². The highest BCUT2D eigenvalue weighted by Crippen LogP contribution is 2.35. The number of anilines is 1. The number of rotatable bonds is 1. The van der Waals surface area contributed by atoms with Crippen LogP contribution in [0.2, 0.25) is 0 Å². The smallest absolute Gasteiger partial charge is 0.0408 e. The van der Waals surface area contributed by atoms with Crippen LogP contribution in [0.25, 0.3) is 0 Å². The molecule has 1 aromatic carbocycles. The predicted octanol–water partition coefficient (Wildman–Crippen LogP) is 4.06. The van der Waals surface area contributed by atoms with E-state index in [1.54, 1.807) is 0 Å². The van der Waals surface area contributed by atoms with Crippen LogP contribution in [0.1, 0.15) is 24.8 Å². The van der Waals surface area contributed by atoms with Crippen LogP contribution in [0.3, 0.4) is 0 Å². The first-order valence-electron chi connectivity index (χ1n) is 6.55. The second-order valence-corrected chi connectivity index (χ2v) is 5.08. The Morgan fingerprint density at radius 2 is 2.00 bits per heavy atom. The van der Waals surface area contributed by atoms with Crippen molar-refractivity contribution >= 4 is 5.69 Å². The lowest BCUT2D eigenvalue weighted by Gasteiger charge is -2.38. The molecule has 0 saturated carbocycles. The van der Waals surface area contributed by atoms with E-state index < -0.39 is 0 Å². The molecule has 1 heteroatoms. The zero-order valence-corrected chi connectivity index (χ0v) is 10.4. The third-order valence-corrected chi connectivity index (χ3v) is 3.83. The normalized spacial score (nSPS) is 23.2. The maximum Gasteiger partial charge on any atom is 0.0408 e. The SMILES string of the molecule is Cc1ccc(N2CCCC3CC=CC=C32)cc1. The van der Waals surface area contributed by atoms with Crippen LogP contribution in [-0.4, -0.2) is 6.54 Å². The van der Waals surface area contributed by atoms with Gasteiger partial charge in [0.2, 0.25) is 0 Å². The van der Waals surface area contributed by atoms with Crippen molar-refractivity contribution in [2.45, 2.75) is 26.2 Å². The van der Waals surface area contributed by atoms with E-state index in [2.05, 4.69) is 54.3 Å². The van der Waals surface area contributed by atoms with Crippen LogP contribution >= 0.6 is 0 Å². The molecule has 1 atom stereocenters. The highest BCUT2D eigenvalue weighted by molar-refractivity contribution is 5.55. The number of benzene rings is 1. The lowest BCUT2D eigenvalue weighted by molar-refractivity contribution is 0.475. The molecule has 2 aliphatic rings. The maximum atomic E-state index is 2.50. The number of fused-ring (bicyclic) bond motifs is 1. The summed E-state index contributed by atoms with van der Waals surface area (Å²) in [6.07, 6.45) is 10.7. The summed E-state index contributed by atoms with van der Waals surface area (Å²) in [4.78, 5) is 2.50. The molecule has 1 nitrogen and oxygen atoms in total. The van der Waals surface area contributed by atoms with Gasteiger partial charge in [-0.2, -0.15) is 0 Å².